The number of benzene rings is 1. The quantitative estimate of drug-likeness (QED) is 0.819. The SMILES string of the molecule is COc1ccc(CN2[C@H]3CC[C@H]2CC(=O)C3)cc1. The number of hydrogen-bond acceptors (Lipinski definition) is 3. The van der Waals surface area contributed by atoms with E-state index in [9.17, 15) is 4.79 Å². The van der Waals surface area contributed by atoms with E-state index >= 15 is 0 Å². The van der Waals surface area contributed by atoms with Gasteiger partial charge >= 0.3 is 0 Å². The van der Waals surface area contributed by atoms with E-state index in [1.807, 2.05) is 12.1 Å². The fraction of sp³-hybridized carbons (Fsp3) is 0.533. The molecule has 3 nitrogen and oxygen atoms in total. The van der Waals surface area contributed by atoms with Gasteiger partial charge in [-0.05, 0) is 30.5 Å². The molecule has 2 atom stereocenters. The Bertz CT molecular complexity index is 424. The van der Waals surface area contributed by atoms with E-state index in [2.05, 4.69) is 17.0 Å². The summed E-state index contributed by atoms with van der Waals surface area (Å²) in [6.07, 6.45) is 3.89. The fourth-order valence-electron chi connectivity index (χ4n) is 3.26. The lowest BCUT2D eigenvalue weighted by Crippen LogP contribution is -2.42. The molecule has 96 valence electrons. The van der Waals surface area contributed by atoms with E-state index in [-0.39, 0.29) is 0 Å². The van der Waals surface area contributed by atoms with Crippen molar-refractivity contribution in [2.24, 2.45) is 0 Å². The van der Waals surface area contributed by atoms with E-state index < -0.39 is 0 Å². The molecular formula is C15H19NO2. The van der Waals surface area contributed by atoms with Gasteiger partial charge in [0.15, 0.2) is 0 Å². The third-order valence-electron chi connectivity index (χ3n) is 4.22. The van der Waals surface area contributed by atoms with E-state index in [1.165, 1.54) is 18.4 Å². The lowest BCUT2D eigenvalue weighted by molar-refractivity contribution is -0.123. The predicted molar refractivity (Wildman–Crippen MR) is 69.6 cm³/mol. The molecule has 0 aliphatic carbocycles. The van der Waals surface area contributed by atoms with Gasteiger partial charge in [0.2, 0.25) is 0 Å². The molecule has 2 aliphatic heterocycles. The van der Waals surface area contributed by atoms with E-state index in [4.69, 9.17) is 4.74 Å². The number of ether oxygens (including phenoxy) is 1. The van der Waals surface area contributed by atoms with Crippen LogP contribution in [0.4, 0.5) is 0 Å². The van der Waals surface area contributed by atoms with Gasteiger partial charge in [0, 0.05) is 31.5 Å². The van der Waals surface area contributed by atoms with Crippen molar-refractivity contribution < 1.29 is 9.53 Å². The zero-order valence-electron chi connectivity index (χ0n) is 10.8. The van der Waals surface area contributed by atoms with Crippen LogP contribution in [0.2, 0.25) is 0 Å². The van der Waals surface area contributed by atoms with Crippen LogP contribution >= 0.6 is 0 Å². The van der Waals surface area contributed by atoms with Crippen LogP contribution in [-0.4, -0.2) is 29.9 Å². The maximum absolute atomic E-state index is 11.6. The molecule has 3 heteroatoms. The normalized spacial score (nSPS) is 27.5. The van der Waals surface area contributed by atoms with Crippen LogP contribution in [0, 0.1) is 0 Å². The van der Waals surface area contributed by atoms with Crippen LogP contribution < -0.4 is 4.74 Å². The van der Waals surface area contributed by atoms with Gasteiger partial charge in [-0.15, -0.1) is 0 Å². The molecule has 2 saturated heterocycles. The summed E-state index contributed by atoms with van der Waals surface area (Å²) in [5, 5.41) is 0. The lowest BCUT2D eigenvalue weighted by atomic mass is 10.0. The van der Waals surface area contributed by atoms with Gasteiger partial charge in [0.05, 0.1) is 7.11 Å². The maximum Gasteiger partial charge on any atom is 0.136 e. The Morgan fingerprint density at radius 2 is 1.78 bits per heavy atom. The number of hydrogen-bond donors (Lipinski definition) is 0. The number of piperidine rings is 1. The van der Waals surface area contributed by atoms with Gasteiger partial charge in [-0.3, -0.25) is 9.69 Å². The van der Waals surface area contributed by atoms with Crippen LogP contribution in [0.15, 0.2) is 24.3 Å². The molecule has 2 bridgehead atoms. The number of carbonyl (C=O) groups is 1. The average Bonchev–Trinajstić information content (AvgIpc) is 2.62. The number of nitrogens with zero attached hydrogens (tertiary/aromatic N) is 1. The van der Waals surface area contributed by atoms with Gasteiger partial charge < -0.3 is 4.74 Å². The van der Waals surface area contributed by atoms with Gasteiger partial charge in [0.1, 0.15) is 11.5 Å². The standard InChI is InChI=1S/C15H19NO2/c1-18-15-6-2-11(3-7-15)10-16-12-4-5-13(16)9-14(17)8-12/h2-3,6-7,12-13H,4-5,8-10H2,1H3/t12-,13-/m0/s1. The van der Waals surface area contributed by atoms with Crippen molar-refractivity contribution in [2.75, 3.05) is 7.11 Å². The first-order valence-electron chi connectivity index (χ1n) is 6.66. The molecule has 1 aromatic rings. The zero-order valence-corrected chi connectivity index (χ0v) is 10.8. The van der Waals surface area contributed by atoms with Crippen molar-refractivity contribution >= 4 is 5.78 Å². The monoisotopic (exact) mass is 245 g/mol. The van der Waals surface area contributed by atoms with Crippen LogP contribution in [0.25, 0.3) is 0 Å². The van der Waals surface area contributed by atoms with Crippen molar-refractivity contribution in [3.63, 3.8) is 0 Å². The Balaban J connectivity index is 1.71. The summed E-state index contributed by atoms with van der Waals surface area (Å²) in [7, 11) is 1.69. The molecule has 0 aromatic heterocycles. The van der Waals surface area contributed by atoms with Gasteiger partial charge in [-0.2, -0.15) is 0 Å². The Kier molecular flexibility index (Phi) is 3.08. The summed E-state index contributed by atoms with van der Waals surface area (Å²) in [6, 6.07) is 9.22. The van der Waals surface area contributed by atoms with Crippen molar-refractivity contribution in [3.8, 4) is 5.75 Å². The molecule has 0 saturated carbocycles. The molecule has 18 heavy (non-hydrogen) atoms. The summed E-state index contributed by atoms with van der Waals surface area (Å²) >= 11 is 0. The molecule has 2 aliphatic rings. The highest BCUT2D eigenvalue weighted by molar-refractivity contribution is 5.80. The van der Waals surface area contributed by atoms with Crippen molar-refractivity contribution in [1.29, 1.82) is 0 Å². The summed E-state index contributed by atoms with van der Waals surface area (Å²) in [5.41, 5.74) is 1.31. The highest BCUT2D eigenvalue weighted by Gasteiger charge is 2.39. The van der Waals surface area contributed by atoms with E-state index in [0.29, 0.717) is 17.9 Å². The molecule has 0 amide bonds. The first kappa shape index (κ1) is 11.7. The topological polar surface area (TPSA) is 29.5 Å². The zero-order chi connectivity index (χ0) is 12.5. The van der Waals surface area contributed by atoms with Crippen LogP contribution in [0.3, 0.4) is 0 Å². The molecular weight excluding hydrogens is 226 g/mol. The number of rotatable bonds is 3. The minimum atomic E-state index is 0.452. The van der Waals surface area contributed by atoms with Crippen molar-refractivity contribution in [2.45, 2.75) is 44.3 Å². The average molecular weight is 245 g/mol. The Morgan fingerprint density at radius 1 is 1.17 bits per heavy atom. The second-order valence-electron chi connectivity index (χ2n) is 5.35. The van der Waals surface area contributed by atoms with E-state index in [1.54, 1.807) is 7.11 Å². The number of methoxy groups -OCH3 is 1. The molecule has 1 aromatic carbocycles. The van der Waals surface area contributed by atoms with Gasteiger partial charge in [-0.1, -0.05) is 12.1 Å². The molecule has 3 rings (SSSR count). The number of ketones is 1. The minimum Gasteiger partial charge on any atom is -0.497 e. The molecule has 0 unspecified atom stereocenters. The minimum absolute atomic E-state index is 0.452. The van der Waals surface area contributed by atoms with Gasteiger partial charge in [0.25, 0.3) is 0 Å². The number of fused-ring (bicyclic) bond motifs is 2. The smallest absolute Gasteiger partial charge is 0.136 e. The molecule has 2 fully saturated rings. The first-order valence-corrected chi connectivity index (χ1v) is 6.66. The van der Waals surface area contributed by atoms with Crippen LogP contribution in [0.5, 0.6) is 5.75 Å². The van der Waals surface area contributed by atoms with Crippen LogP contribution in [0.1, 0.15) is 31.2 Å². The molecule has 0 radical (unpaired) electrons. The van der Waals surface area contributed by atoms with Crippen molar-refractivity contribution in [3.05, 3.63) is 29.8 Å². The Morgan fingerprint density at radius 3 is 2.33 bits per heavy atom. The summed E-state index contributed by atoms with van der Waals surface area (Å²) in [6.45, 7) is 0.965. The third-order valence-corrected chi connectivity index (χ3v) is 4.22. The predicted octanol–water partition coefficient (Wildman–Crippen LogP) is 2.39. The fourth-order valence-corrected chi connectivity index (χ4v) is 3.26. The summed E-state index contributed by atoms with van der Waals surface area (Å²) < 4.78 is 5.17. The largest absolute Gasteiger partial charge is 0.497 e. The Hall–Kier alpha value is -1.35. The third kappa shape index (κ3) is 2.15. The van der Waals surface area contributed by atoms with Crippen molar-refractivity contribution in [1.82, 2.24) is 4.90 Å². The van der Waals surface area contributed by atoms with Gasteiger partial charge in [-0.25, -0.2) is 0 Å². The summed E-state index contributed by atoms with van der Waals surface area (Å²) in [5.74, 6) is 1.35. The molecule has 0 N–H and O–H groups in total. The molecule has 2 heterocycles. The first-order chi connectivity index (χ1) is 8.76. The highest BCUT2D eigenvalue weighted by Crippen LogP contribution is 2.35. The maximum atomic E-state index is 11.6. The second-order valence-corrected chi connectivity index (χ2v) is 5.35. The summed E-state index contributed by atoms with van der Waals surface area (Å²) in [4.78, 5) is 14.1. The Labute approximate surface area is 108 Å². The highest BCUT2D eigenvalue weighted by atomic mass is 16.5. The van der Waals surface area contributed by atoms with E-state index in [0.717, 1.165) is 25.1 Å². The lowest BCUT2D eigenvalue weighted by Gasteiger charge is -2.33. The molecule has 0 spiro atoms. The van der Waals surface area contributed by atoms with Crippen LogP contribution in [-0.2, 0) is 11.3 Å². The second kappa shape index (κ2) is 4.73. The number of Topliss-reactive ketones (excluding diaryl/α,β-unsaturated/α-hetero) is 1. The number of carbonyl (C=O) groups excluding carboxylic acids is 1.